The van der Waals surface area contributed by atoms with Crippen LogP contribution in [0.3, 0.4) is 0 Å². The van der Waals surface area contributed by atoms with Gasteiger partial charge in [0.1, 0.15) is 11.5 Å². The van der Waals surface area contributed by atoms with Gasteiger partial charge in [0.2, 0.25) is 0 Å². The molecular weight excluding hydrogens is 354 g/mol. The molecule has 2 heterocycles. The van der Waals surface area contributed by atoms with Crippen LogP contribution in [-0.4, -0.2) is 68.7 Å². The normalized spacial score (nSPS) is 21.1. The first-order valence-corrected chi connectivity index (χ1v) is 9.42. The first-order valence-electron chi connectivity index (χ1n) is 9.42. The number of halogens is 2. The highest BCUT2D eigenvalue weighted by Crippen LogP contribution is 2.26. The first-order chi connectivity index (χ1) is 13.1. The molecular formula is C19H28F2N4O2. The highest BCUT2D eigenvalue weighted by atomic mass is 19.3. The van der Waals surface area contributed by atoms with Crippen LogP contribution in [0.5, 0.6) is 11.5 Å². The number of hydrogen-bond donors (Lipinski definition) is 1. The van der Waals surface area contributed by atoms with Gasteiger partial charge in [0, 0.05) is 44.4 Å². The number of aliphatic imine (C=N–C) groups is 1. The van der Waals surface area contributed by atoms with E-state index >= 15 is 0 Å². The van der Waals surface area contributed by atoms with Crippen molar-refractivity contribution in [2.75, 3.05) is 40.3 Å². The highest BCUT2D eigenvalue weighted by molar-refractivity contribution is 5.80. The van der Waals surface area contributed by atoms with E-state index in [1.165, 1.54) is 39.1 Å². The zero-order valence-corrected chi connectivity index (χ0v) is 16.0. The third-order valence-corrected chi connectivity index (χ3v) is 5.26. The number of ether oxygens (including phenoxy) is 2. The summed E-state index contributed by atoms with van der Waals surface area (Å²) in [6, 6.07) is 5.51. The maximum Gasteiger partial charge on any atom is 0.387 e. The molecule has 2 aliphatic rings. The molecule has 0 spiro atoms. The zero-order chi connectivity index (χ0) is 19.2. The lowest BCUT2D eigenvalue weighted by atomic mass is 10.2. The molecule has 1 aromatic carbocycles. The third-order valence-electron chi connectivity index (χ3n) is 5.26. The Morgan fingerprint density at radius 2 is 2.07 bits per heavy atom. The summed E-state index contributed by atoms with van der Waals surface area (Å²) >= 11 is 0. The number of hydrogen-bond acceptors (Lipinski definition) is 4. The number of rotatable bonds is 6. The highest BCUT2D eigenvalue weighted by Gasteiger charge is 2.30. The first kappa shape index (κ1) is 19.7. The van der Waals surface area contributed by atoms with E-state index in [2.05, 4.69) is 24.8 Å². The van der Waals surface area contributed by atoms with Gasteiger partial charge in [-0.05, 0) is 44.5 Å². The summed E-state index contributed by atoms with van der Waals surface area (Å²) in [5.41, 5.74) is 0.632. The average molecular weight is 382 g/mol. The van der Waals surface area contributed by atoms with Gasteiger partial charge in [0.15, 0.2) is 5.96 Å². The molecule has 0 aromatic heterocycles. The van der Waals surface area contributed by atoms with Gasteiger partial charge >= 0.3 is 6.61 Å². The van der Waals surface area contributed by atoms with Crippen molar-refractivity contribution in [3.8, 4) is 11.5 Å². The number of guanidine groups is 1. The topological polar surface area (TPSA) is 49.3 Å². The SMILES string of the molecule is CN=C(NCc1ccc(OC)cc1OC(F)F)N1CCC(N2CCCC2)C1. The monoisotopic (exact) mass is 382 g/mol. The van der Waals surface area contributed by atoms with Crippen LogP contribution in [0.4, 0.5) is 8.78 Å². The van der Waals surface area contributed by atoms with Gasteiger partial charge in [-0.2, -0.15) is 8.78 Å². The van der Waals surface area contributed by atoms with Crippen LogP contribution in [0.1, 0.15) is 24.8 Å². The van der Waals surface area contributed by atoms with Crippen molar-refractivity contribution in [1.82, 2.24) is 15.1 Å². The van der Waals surface area contributed by atoms with Crippen molar-refractivity contribution >= 4 is 5.96 Å². The molecule has 8 heteroatoms. The summed E-state index contributed by atoms with van der Waals surface area (Å²) in [6.07, 6.45) is 3.70. The molecule has 6 nitrogen and oxygen atoms in total. The van der Waals surface area contributed by atoms with Crippen molar-refractivity contribution < 1.29 is 18.3 Å². The second kappa shape index (κ2) is 9.21. The molecule has 0 bridgehead atoms. The molecule has 0 aliphatic carbocycles. The van der Waals surface area contributed by atoms with Crippen LogP contribution in [0.25, 0.3) is 0 Å². The molecule has 1 unspecified atom stereocenters. The Balaban J connectivity index is 1.61. The summed E-state index contributed by atoms with van der Waals surface area (Å²) < 4.78 is 35.2. The third kappa shape index (κ3) is 5.00. The quantitative estimate of drug-likeness (QED) is 0.605. The second-order valence-corrected chi connectivity index (χ2v) is 6.88. The molecule has 2 saturated heterocycles. The van der Waals surface area contributed by atoms with Gasteiger partial charge < -0.3 is 19.7 Å². The van der Waals surface area contributed by atoms with Crippen LogP contribution in [0.15, 0.2) is 23.2 Å². The lowest BCUT2D eigenvalue weighted by molar-refractivity contribution is -0.0505. The summed E-state index contributed by atoms with van der Waals surface area (Å²) in [5.74, 6) is 1.38. The molecule has 2 fully saturated rings. The maximum atomic E-state index is 12.7. The molecule has 0 saturated carbocycles. The van der Waals surface area contributed by atoms with E-state index in [0.29, 0.717) is 23.9 Å². The lowest BCUT2D eigenvalue weighted by Crippen LogP contribution is -2.42. The summed E-state index contributed by atoms with van der Waals surface area (Å²) in [5, 5.41) is 3.28. The Labute approximate surface area is 159 Å². The number of nitrogens with one attached hydrogen (secondary N) is 1. The van der Waals surface area contributed by atoms with Gasteiger partial charge in [0.25, 0.3) is 0 Å². The number of alkyl halides is 2. The minimum atomic E-state index is -2.88. The summed E-state index contributed by atoms with van der Waals surface area (Å²) in [7, 11) is 3.24. The fourth-order valence-electron chi connectivity index (χ4n) is 3.86. The van der Waals surface area contributed by atoms with Crippen molar-refractivity contribution in [1.29, 1.82) is 0 Å². The van der Waals surface area contributed by atoms with E-state index in [9.17, 15) is 8.78 Å². The summed E-state index contributed by atoms with van der Waals surface area (Å²) in [6.45, 7) is 1.74. The standard InChI is InChI=1S/C19H28F2N4O2/c1-22-19(25-10-7-15(13-25)24-8-3-4-9-24)23-12-14-5-6-16(26-2)11-17(14)27-18(20)21/h5-6,11,15,18H,3-4,7-10,12-13H2,1-2H3,(H,22,23). The minimum Gasteiger partial charge on any atom is -0.497 e. The van der Waals surface area contributed by atoms with E-state index in [1.54, 1.807) is 19.2 Å². The minimum absolute atomic E-state index is 0.115. The van der Waals surface area contributed by atoms with E-state index in [-0.39, 0.29) is 5.75 Å². The van der Waals surface area contributed by atoms with Crippen LogP contribution < -0.4 is 14.8 Å². The van der Waals surface area contributed by atoms with E-state index in [4.69, 9.17) is 4.74 Å². The Morgan fingerprint density at radius 3 is 2.74 bits per heavy atom. The fourth-order valence-corrected chi connectivity index (χ4v) is 3.86. The predicted octanol–water partition coefficient (Wildman–Crippen LogP) is 2.54. The van der Waals surface area contributed by atoms with Crippen LogP contribution >= 0.6 is 0 Å². The average Bonchev–Trinajstić information content (AvgIpc) is 3.34. The smallest absolute Gasteiger partial charge is 0.387 e. The molecule has 0 radical (unpaired) electrons. The van der Waals surface area contributed by atoms with Crippen molar-refractivity contribution in [2.45, 2.75) is 38.5 Å². The molecule has 27 heavy (non-hydrogen) atoms. The van der Waals surface area contributed by atoms with Gasteiger partial charge in [-0.25, -0.2) is 0 Å². The molecule has 150 valence electrons. The van der Waals surface area contributed by atoms with E-state index < -0.39 is 6.61 Å². The molecule has 1 N–H and O–H groups in total. The van der Waals surface area contributed by atoms with Crippen molar-refractivity contribution in [2.24, 2.45) is 4.99 Å². The second-order valence-electron chi connectivity index (χ2n) is 6.88. The Kier molecular flexibility index (Phi) is 6.71. The Bertz CT molecular complexity index is 651. The number of nitrogens with zero attached hydrogens (tertiary/aromatic N) is 3. The van der Waals surface area contributed by atoms with E-state index in [0.717, 1.165) is 25.5 Å². The molecule has 3 rings (SSSR count). The van der Waals surface area contributed by atoms with E-state index in [1.807, 2.05) is 0 Å². The Morgan fingerprint density at radius 1 is 1.30 bits per heavy atom. The van der Waals surface area contributed by atoms with Gasteiger partial charge in [-0.15, -0.1) is 0 Å². The molecule has 1 aromatic rings. The van der Waals surface area contributed by atoms with Crippen LogP contribution in [0.2, 0.25) is 0 Å². The lowest BCUT2D eigenvalue weighted by Gasteiger charge is -2.25. The number of benzene rings is 1. The zero-order valence-electron chi connectivity index (χ0n) is 16.0. The largest absolute Gasteiger partial charge is 0.497 e. The van der Waals surface area contributed by atoms with Gasteiger partial charge in [-0.1, -0.05) is 0 Å². The number of likely N-dealkylation sites (tertiary alicyclic amines) is 2. The van der Waals surface area contributed by atoms with Crippen molar-refractivity contribution in [3.63, 3.8) is 0 Å². The summed E-state index contributed by atoms with van der Waals surface area (Å²) in [4.78, 5) is 9.17. The fraction of sp³-hybridized carbons (Fsp3) is 0.632. The molecule has 1 atom stereocenters. The molecule has 0 amide bonds. The number of methoxy groups -OCH3 is 1. The Hall–Kier alpha value is -2.09. The predicted molar refractivity (Wildman–Crippen MR) is 101 cm³/mol. The van der Waals surface area contributed by atoms with Crippen LogP contribution in [0, 0.1) is 0 Å². The van der Waals surface area contributed by atoms with Gasteiger partial charge in [-0.3, -0.25) is 9.89 Å². The van der Waals surface area contributed by atoms with Crippen LogP contribution in [-0.2, 0) is 6.54 Å². The molecule has 2 aliphatic heterocycles. The van der Waals surface area contributed by atoms with Crippen molar-refractivity contribution in [3.05, 3.63) is 23.8 Å². The maximum absolute atomic E-state index is 12.7. The van der Waals surface area contributed by atoms with Gasteiger partial charge in [0.05, 0.1) is 7.11 Å².